The molecular weight excluding hydrogens is 452 g/mol. The summed E-state index contributed by atoms with van der Waals surface area (Å²) in [7, 11) is 0. The predicted octanol–water partition coefficient (Wildman–Crippen LogP) is 7.03. The predicted molar refractivity (Wildman–Crippen MR) is 142 cm³/mol. The van der Waals surface area contributed by atoms with Gasteiger partial charge in [-0.05, 0) is 47.6 Å². The Labute approximate surface area is 210 Å². The van der Waals surface area contributed by atoms with Crippen LogP contribution in [-0.2, 0) is 11.2 Å². The zero-order valence-electron chi connectivity index (χ0n) is 19.7. The first kappa shape index (κ1) is 23.2. The van der Waals surface area contributed by atoms with E-state index in [-0.39, 0.29) is 11.9 Å². The largest absolute Gasteiger partial charge is 0.426 e. The number of ether oxygens (including phenoxy) is 1. The highest BCUT2D eigenvalue weighted by molar-refractivity contribution is 7.99. The van der Waals surface area contributed by atoms with Crippen molar-refractivity contribution in [3.63, 3.8) is 0 Å². The number of fused-ring (bicyclic) bond motifs is 1. The molecule has 5 rings (SSSR count). The number of carbonyl (C=O) groups excluding carboxylic acids is 1. The number of nitrogens with one attached hydrogen (secondary N) is 1. The Bertz CT molecular complexity index is 1290. The average molecular weight is 481 g/mol. The Kier molecular flexibility index (Phi) is 7.15. The van der Waals surface area contributed by atoms with E-state index in [0.717, 1.165) is 41.4 Å². The van der Waals surface area contributed by atoms with Gasteiger partial charge < -0.3 is 9.72 Å². The summed E-state index contributed by atoms with van der Waals surface area (Å²) >= 11 is 1.70. The fourth-order valence-electron chi connectivity index (χ4n) is 4.76. The van der Waals surface area contributed by atoms with Crippen LogP contribution in [0.1, 0.15) is 53.6 Å². The second-order valence-electron chi connectivity index (χ2n) is 8.65. The number of benzene rings is 3. The van der Waals surface area contributed by atoms with Crippen molar-refractivity contribution in [3.8, 4) is 5.75 Å². The molecule has 0 aliphatic heterocycles. The van der Waals surface area contributed by atoms with Gasteiger partial charge in [-0.15, -0.1) is 0 Å². The summed E-state index contributed by atoms with van der Waals surface area (Å²) in [4.78, 5) is 19.8. The van der Waals surface area contributed by atoms with E-state index in [1.165, 1.54) is 29.2 Å². The van der Waals surface area contributed by atoms with Crippen LogP contribution in [0.5, 0.6) is 5.75 Å². The van der Waals surface area contributed by atoms with Crippen LogP contribution < -0.4 is 4.74 Å². The van der Waals surface area contributed by atoms with Crippen molar-refractivity contribution < 1.29 is 9.53 Å². The fourth-order valence-corrected chi connectivity index (χ4v) is 5.52. The van der Waals surface area contributed by atoms with Gasteiger partial charge in [0.2, 0.25) is 0 Å². The molecule has 0 saturated carbocycles. The van der Waals surface area contributed by atoms with Gasteiger partial charge in [-0.25, -0.2) is 4.98 Å². The summed E-state index contributed by atoms with van der Waals surface area (Å²) in [5.41, 5.74) is 7.12. The first-order valence-corrected chi connectivity index (χ1v) is 13.0. The Balaban J connectivity index is 1.34. The SMILES string of the molecule is CC(=O)Oc1cccc2c1CCCC2=CCSc1nc(C(c2ccccc2)c2ccccc2)c[nH]1. The Morgan fingerprint density at radius 3 is 2.40 bits per heavy atom. The molecule has 0 radical (unpaired) electrons. The summed E-state index contributed by atoms with van der Waals surface area (Å²) in [5, 5.41) is 0.915. The number of hydrogen-bond donors (Lipinski definition) is 1. The molecule has 1 aliphatic rings. The molecule has 0 spiro atoms. The van der Waals surface area contributed by atoms with Crippen LogP contribution in [0.4, 0.5) is 0 Å². The van der Waals surface area contributed by atoms with Crippen LogP contribution in [0.15, 0.2) is 96.3 Å². The van der Waals surface area contributed by atoms with Gasteiger partial charge in [-0.1, -0.05) is 90.6 Å². The number of allylic oxidation sites excluding steroid dienone is 1. The lowest BCUT2D eigenvalue weighted by molar-refractivity contribution is -0.131. The average Bonchev–Trinajstić information content (AvgIpc) is 3.34. The highest BCUT2D eigenvalue weighted by atomic mass is 32.2. The third-order valence-electron chi connectivity index (χ3n) is 6.29. The first-order valence-electron chi connectivity index (χ1n) is 12.0. The lowest BCUT2D eigenvalue weighted by Crippen LogP contribution is -2.09. The third-order valence-corrected chi connectivity index (χ3v) is 7.11. The van der Waals surface area contributed by atoms with Crippen molar-refractivity contribution in [3.05, 3.63) is 119 Å². The minimum Gasteiger partial charge on any atom is -0.426 e. The van der Waals surface area contributed by atoms with Crippen molar-refractivity contribution in [2.45, 2.75) is 37.3 Å². The Hall–Kier alpha value is -3.57. The number of H-pyrrole nitrogens is 1. The third kappa shape index (κ3) is 5.41. The van der Waals surface area contributed by atoms with E-state index in [2.05, 4.69) is 65.7 Å². The van der Waals surface area contributed by atoms with Crippen LogP contribution in [0, 0.1) is 0 Å². The number of carbonyl (C=O) groups is 1. The molecule has 4 nitrogen and oxygen atoms in total. The van der Waals surface area contributed by atoms with Crippen molar-refractivity contribution >= 4 is 23.3 Å². The summed E-state index contributed by atoms with van der Waals surface area (Å²) in [6, 6.07) is 27.0. The lowest BCUT2D eigenvalue weighted by Gasteiger charge is -2.21. The van der Waals surface area contributed by atoms with E-state index in [9.17, 15) is 4.79 Å². The number of nitrogens with zero attached hydrogens (tertiary/aromatic N) is 1. The van der Waals surface area contributed by atoms with Gasteiger partial charge in [0.1, 0.15) is 5.75 Å². The quantitative estimate of drug-likeness (QED) is 0.175. The molecule has 5 heteroatoms. The molecule has 3 aromatic carbocycles. The molecule has 0 amide bonds. The maximum absolute atomic E-state index is 11.5. The van der Waals surface area contributed by atoms with Gasteiger partial charge in [0, 0.05) is 24.4 Å². The van der Waals surface area contributed by atoms with Gasteiger partial charge >= 0.3 is 5.97 Å². The summed E-state index contributed by atoms with van der Waals surface area (Å²) in [6.45, 7) is 1.45. The number of imidazole rings is 1. The number of rotatable bonds is 7. The van der Waals surface area contributed by atoms with Gasteiger partial charge in [-0.2, -0.15) is 0 Å². The normalized spacial score (nSPS) is 14.2. The topological polar surface area (TPSA) is 55.0 Å². The van der Waals surface area contributed by atoms with E-state index < -0.39 is 0 Å². The molecule has 4 aromatic rings. The van der Waals surface area contributed by atoms with Crippen LogP contribution in [0.25, 0.3) is 5.57 Å². The highest BCUT2D eigenvalue weighted by Crippen LogP contribution is 2.37. The second-order valence-corrected chi connectivity index (χ2v) is 9.66. The number of esters is 1. The molecular formula is C30H28N2O2S. The van der Waals surface area contributed by atoms with Crippen LogP contribution >= 0.6 is 11.8 Å². The molecule has 1 heterocycles. The summed E-state index contributed by atoms with van der Waals surface area (Å²) in [6.07, 6.45) is 7.34. The number of hydrogen-bond acceptors (Lipinski definition) is 4. The minimum absolute atomic E-state index is 0.0891. The molecule has 0 bridgehead atoms. The van der Waals surface area contributed by atoms with Crippen molar-refractivity contribution in [2.75, 3.05) is 5.75 Å². The molecule has 35 heavy (non-hydrogen) atoms. The smallest absolute Gasteiger partial charge is 0.308 e. The Morgan fingerprint density at radius 2 is 1.71 bits per heavy atom. The monoisotopic (exact) mass is 480 g/mol. The molecule has 1 N–H and O–H groups in total. The van der Waals surface area contributed by atoms with Crippen molar-refractivity contribution in [1.29, 1.82) is 0 Å². The standard InChI is InChI=1S/C30H28N2O2S/c1-21(33)34-28-17-9-15-25-22(14-8-16-26(25)28)18-19-35-30-31-20-27(32-30)29(23-10-4-2-5-11-23)24-12-6-3-7-13-24/h2-7,9-13,15,17-18,20,29H,8,14,16,19H2,1H3,(H,31,32). The van der Waals surface area contributed by atoms with Gasteiger partial charge in [0.15, 0.2) is 5.16 Å². The van der Waals surface area contributed by atoms with Crippen LogP contribution in [0.3, 0.4) is 0 Å². The molecule has 0 atom stereocenters. The molecule has 1 aromatic heterocycles. The number of aromatic amines is 1. The van der Waals surface area contributed by atoms with Gasteiger partial charge in [0.05, 0.1) is 11.6 Å². The minimum atomic E-state index is -0.275. The van der Waals surface area contributed by atoms with E-state index in [1.807, 2.05) is 30.5 Å². The zero-order valence-corrected chi connectivity index (χ0v) is 20.6. The lowest BCUT2D eigenvalue weighted by atomic mass is 9.87. The summed E-state index contributed by atoms with van der Waals surface area (Å²) < 4.78 is 5.45. The highest BCUT2D eigenvalue weighted by Gasteiger charge is 2.20. The maximum Gasteiger partial charge on any atom is 0.308 e. The van der Waals surface area contributed by atoms with E-state index >= 15 is 0 Å². The van der Waals surface area contributed by atoms with Crippen molar-refractivity contribution in [1.82, 2.24) is 9.97 Å². The molecule has 0 unspecified atom stereocenters. The zero-order chi connectivity index (χ0) is 24.0. The Morgan fingerprint density at radius 1 is 1.00 bits per heavy atom. The maximum atomic E-state index is 11.5. The second kappa shape index (κ2) is 10.8. The van der Waals surface area contributed by atoms with Crippen molar-refractivity contribution in [2.24, 2.45) is 0 Å². The molecule has 0 fully saturated rings. The van der Waals surface area contributed by atoms with Crippen LogP contribution in [0.2, 0.25) is 0 Å². The van der Waals surface area contributed by atoms with E-state index in [1.54, 1.807) is 11.8 Å². The summed E-state index contributed by atoms with van der Waals surface area (Å²) in [5.74, 6) is 1.33. The van der Waals surface area contributed by atoms with Gasteiger partial charge in [0.25, 0.3) is 0 Å². The molecule has 0 saturated heterocycles. The van der Waals surface area contributed by atoms with E-state index in [0.29, 0.717) is 5.75 Å². The number of aromatic nitrogens is 2. The van der Waals surface area contributed by atoms with Crippen LogP contribution in [-0.4, -0.2) is 21.7 Å². The molecule has 1 aliphatic carbocycles. The molecule has 176 valence electrons. The first-order chi connectivity index (χ1) is 17.2. The van der Waals surface area contributed by atoms with Gasteiger partial charge in [-0.3, -0.25) is 4.79 Å². The fraction of sp³-hybridized carbons (Fsp3) is 0.200. The van der Waals surface area contributed by atoms with E-state index in [4.69, 9.17) is 9.72 Å². The number of thioether (sulfide) groups is 1.